The average molecular weight is 431 g/mol. The van der Waals surface area contributed by atoms with Crippen LogP contribution in [-0.4, -0.2) is 27.6 Å². The molecule has 1 aliphatic rings. The van der Waals surface area contributed by atoms with Gasteiger partial charge in [-0.25, -0.2) is 4.98 Å². The first-order valence-electron chi connectivity index (χ1n) is 11.0. The van der Waals surface area contributed by atoms with E-state index in [0.29, 0.717) is 13.0 Å². The largest absolute Gasteiger partial charge is 0.494 e. The molecule has 7 nitrogen and oxygen atoms in total. The number of rotatable bonds is 6. The maximum Gasteiger partial charge on any atom is 0.227 e. The van der Waals surface area contributed by atoms with Gasteiger partial charge in [-0.3, -0.25) is 4.79 Å². The van der Waals surface area contributed by atoms with Gasteiger partial charge in [-0.15, -0.1) is 0 Å². The van der Waals surface area contributed by atoms with Crippen molar-refractivity contribution in [3.05, 3.63) is 59.7 Å². The lowest BCUT2D eigenvalue weighted by Gasteiger charge is -2.23. The van der Waals surface area contributed by atoms with Crippen LogP contribution in [-0.2, 0) is 4.79 Å². The van der Waals surface area contributed by atoms with Gasteiger partial charge in [-0.2, -0.15) is 0 Å². The number of nitrogens with one attached hydrogen (secondary N) is 1. The van der Waals surface area contributed by atoms with Gasteiger partial charge in [0.1, 0.15) is 17.3 Å². The number of H-pyrrole nitrogens is 1. The van der Waals surface area contributed by atoms with Crippen molar-refractivity contribution in [1.29, 1.82) is 0 Å². The smallest absolute Gasteiger partial charge is 0.227 e. The number of imidazole rings is 1. The number of fused-ring (bicyclic) bond motifs is 1. The van der Waals surface area contributed by atoms with Gasteiger partial charge in [0.15, 0.2) is 0 Å². The van der Waals surface area contributed by atoms with Crippen molar-refractivity contribution >= 4 is 22.6 Å². The van der Waals surface area contributed by atoms with Gasteiger partial charge in [0, 0.05) is 17.7 Å². The maximum absolute atomic E-state index is 12.8. The molecule has 3 heterocycles. The summed E-state index contributed by atoms with van der Waals surface area (Å²) in [6, 6.07) is 13.7. The molecule has 0 spiro atoms. The molecular weight excluding hydrogens is 404 g/mol. The third-order valence-corrected chi connectivity index (χ3v) is 5.94. The lowest BCUT2D eigenvalue weighted by atomic mass is 10.0. The number of carbonyl (C=O) groups excluding carboxylic acids is 1. The van der Waals surface area contributed by atoms with Crippen molar-refractivity contribution in [2.24, 2.45) is 0 Å². The molecule has 32 heavy (non-hydrogen) atoms. The molecule has 7 heteroatoms. The van der Waals surface area contributed by atoms with Crippen molar-refractivity contribution in [3.63, 3.8) is 0 Å². The third-order valence-electron chi connectivity index (χ3n) is 5.94. The summed E-state index contributed by atoms with van der Waals surface area (Å²) in [5, 5.41) is 4.06. The van der Waals surface area contributed by atoms with E-state index in [9.17, 15) is 4.79 Å². The number of aryl methyl sites for hydroxylation is 2. The van der Waals surface area contributed by atoms with E-state index in [2.05, 4.69) is 17.1 Å². The molecule has 1 aliphatic heterocycles. The second-order valence-corrected chi connectivity index (χ2v) is 8.21. The van der Waals surface area contributed by atoms with E-state index in [4.69, 9.17) is 14.2 Å². The van der Waals surface area contributed by atoms with Crippen molar-refractivity contribution in [2.45, 2.75) is 46.1 Å². The van der Waals surface area contributed by atoms with E-state index in [1.54, 1.807) is 0 Å². The van der Waals surface area contributed by atoms with E-state index < -0.39 is 0 Å². The Morgan fingerprint density at radius 3 is 2.72 bits per heavy atom. The number of aromatic nitrogens is 3. The molecule has 0 saturated carbocycles. The quantitative estimate of drug-likeness (QED) is 0.437. The normalized spacial score (nSPS) is 16.3. The molecule has 0 unspecified atom stereocenters. The number of amides is 1. The number of aromatic amines is 1. The zero-order valence-electron chi connectivity index (χ0n) is 18.5. The first-order chi connectivity index (χ1) is 15.5. The number of ether oxygens (including phenoxy) is 1. The highest BCUT2D eigenvalue weighted by molar-refractivity contribution is 5.96. The fraction of sp³-hybridized carbons (Fsp3) is 0.320. The predicted octanol–water partition coefficient (Wildman–Crippen LogP) is 5.49. The summed E-state index contributed by atoms with van der Waals surface area (Å²) in [5.74, 6) is 2.51. The molecule has 2 aromatic carbocycles. The maximum atomic E-state index is 12.8. The summed E-state index contributed by atoms with van der Waals surface area (Å²) in [7, 11) is 0. The van der Waals surface area contributed by atoms with Crippen LogP contribution < -0.4 is 9.64 Å². The Bertz CT molecular complexity index is 1250. The monoisotopic (exact) mass is 430 g/mol. The van der Waals surface area contributed by atoms with Gasteiger partial charge in [-0.1, -0.05) is 18.1 Å². The van der Waals surface area contributed by atoms with Gasteiger partial charge in [-0.05, 0) is 68.7 Å². The van der Waals surface area contributed by atoms with Crippen LogP contribution in [0, 0.1) is 13.8 Å². The molecule has 1 fully saturated rings. The summed E-state index contributed by atoms with van der Waals surface area (Å²) in [6.07, 6.45) is 2.18. The lowest BCUT2D eigenvalue weighted by molar-refractivity contribution is -0.117. The number of nitrogens with zero attached hydrogens (tertiary/aromatic N) is 3. The minimum absolute atomic E-state index is 0.106. The molecule has 5 rings (SSSR count). The number of anilines is 1. The van der Waals surface area contributed by atoms with Gasteiger partial charge in [0.25, 0.3) is 0 Å². The average Bonchev–Trinajstić information content (AvgIpc) is 3.48. The Labute approximate surface area is 186 Å². The predicted molar refractivity (Wildman–Crippen MR) is 123 cm³/mol. The highest BCUT2D eigenvalue weighted by Crippen LogP contribution is 2.37. The summed E-state index contributed by atoms with van der Waals surface area (Å²) in [4.78, 5) is 22.9. The zero-order valence-corrected chi connectivity index (χ0v) is 18.5. The molecule has 164 valence electrons. The van der Waals surface area contributed by atoms with Crippen LogP contribution in [0.5, 0.6) is 5.75 Å². The topological polar surface area (TPSA) is 84.2 Å². The molecule has 1 amide bonds. The Morgan fingerprint density at radius 2 is 2.00 bits per heavy atom. The van der Waals surface area contributed by atoms with E-state index in [-0.39, 0.29) is 11.9 Å². The van der Waals surface area contributed by atoms with Gasteiger partial charge in [0.05, 0.1) is 29.4 Å². The molecule has 0 bridgehead atoms. The van der Waals surface area contributed by atoms with Crippen LogP contribution in [0.3, 0.4) is 0 Å². The number of hydrogen-bond acceptors (Lipinski definition) is 5. The zero-order chi connectivity index (χ0) is 22.2. The fourth-order valence-electron chi connectivity index (χ4n) is 4.42. The molecule has 1 N–H and O–H groups in total. The first-order valence-corrected chi connectivity index (χ1v) is 11.0. The first kappa shape index (κ1) is 20.3. The lowest BCUT2D eigenvalue weighted by Crippen LogP contribution is -2.27. The minimum atomic E-state index is -0.125. The number of benzene rings is 2. The van der Waals surface area contributed by atoms with Crippen molar-refractivity contribution in [3.8, 4) is 16.9 Å². The second-order valence-electron chi connectivity index (χ2n) is 8.21. The molecule has 0 aliphatic carbocycles. The standard InChI is InChI=1S/C25H26N4O3/c1-4-13-31-19-8-6-18(7-9-19)29-22(11-12-23(29)30)25-26-20-10-5-17(14-21(20)27-25)24-15(2)28-32-16(24)3/h5-10,14,22H,4,11-13H2,1-3H3,(H,26,27)/t22-/m0/s1. The fourth-order valence-corrected chi connectivity index (χ4v) is 4.42. The SMILES string of the molecule is CCCOc1ccc(N2C(=O)CC[C@H]2c2nc3cc(-c4c(C)noc4C)ccc3[nH]2)cc1. The Balaban J connectivity index is 1.46. The van der Waals surface area contributed by atoms with Crippen LogP contribution in [0.25, 0.3) is 22.2 Å². The van der Waals surface area contributed by atoms with Gasteiger partial charge < -0.3 is 19.1 Å². The van der Waals surface area contributed by atoms with Crippen molar-refractivity contribution in [2.75, 3.05) is 11.5 Å². The van der Waals surface area contributed by atoms with Crippen LogP contribution in [0.2, 0.25) is 0 Å². The van der Waals surface area contributed by atoms with Crippen LogP contribution in [0.15, 0.2) is 47.0 Å². The number of hydrogen-bond donors (Lipinski definition) is 1. The molecule has 0 radical (unpaired) electrons. The second kappa shape index (κ2) is 8.15. The highest BCUT2D eigenvalue weighted by atomic mass is 16.5. The Hall–Kier alpha value is -3.61. The molecular formula is C25H26N4O3. The van der Waals surface area contributed by atoms with Crippen molar-refractivity contribution < 1.29 is 14.1 Å². The summed E-state index contributed by atoms with van der Waals surface area (Å²) in [6.45, 7) is 6.61. The van der Waals surface area contributed by atoms with Crippen LogP contribution in [0.4, 0.5) is 5.69 Å². The summed E-state index contributed by atoms with van der Waals surface area (Å²) >= 11 is 0. The Morgan fingerprint density at radius 1 is 1.19 bits per heavy atom. The molecule has 1 saturated heterocycles. The summed E-state index contributed by atoms with van der Waals surface area (Å²) < 4.78 is 11.0. The highest BCUT2D eigenvalue weighted by Gasteiger charge is 2.35. The molecule has 2 aromatic heterocycles. The minimum Gasteiger partial charge on any atom is -0.494 e. The third kappa shape index (κ3) is 3.53. The van der Waals surface area contributed by atoms with Gasteiger partial charge >= 0.3 is 0 Å². The van der Waals surface area contributed by atoms with Crippen LogP contribution >= 0.6 is 0 Å². The van der Waals surface area contributed by atoms with E-state index in [1.807, 2.05) is 61.2 Å². The van der Waals surface area contributed by atoms with E-state index in [1.165, 1.54) is 0 Å². The Kier molecular flexibility index (Phi) is 5.17. The van der Waals surface area contributed by atoms with Gasteiger partial charge in [0.2, 0.25) is 5.91 Å². The van der Waals surface area contributed by atoms with E-state index in [0.717, 1.165) is 63.7 Å². The van der Waals surface area contributed by atoms with E-state index >= 15 is 0 Å². The van der Waals surface area contributed by atoms with Crippen LogP contribution in [0.1, 0.15) is 49.5 Å². The van der Waals surface area contributed by atoms with Crippen molar-refractivity contribution in [1.82, 2.24) is 15.1 Å². The number of carbonyl (C=O) groups is 1. The molecule has 4 aromatic rings. The summed E-state index contributed by atoms with van der Waals surface area (Å²) in [5.41, 5.74) is 5.54. The molecule has 1 atom stereocenters.